The van der Waals surface area contributed by atoms with E-state index in [0.717, 1.165) is 23.2 Å². The van der Waals surface area contributed by atoms with Crippen LogP contribution in [0.1, 0.15) is 43.9 Å². The van der Waals surface area contributed by atoms with Crippen LogP contribution in [0.3, 0.4) is 0 Å². The third-order valence-electron chi connectivity index (χ3n) is 5.81. The van der Waals surface area contributed by atoms with Crippen molar-refractivity contribution < 1.29 is 9.53 Å². The van der Waals surface area contributed by atoms with E-state index in [1.165, 1.54) is 0 Å². The van der Waals surface area contributed by atoms with Gasteiger partial charge < -0.3 is 10.1 Å². The summed E-state index contributed by atoms with van der Waals surface area (Å²) in [5, 5.41) is 16.5. The van der Waals surface area contributed by atoms with Gasteiger partial charge in [0.1, 0.15) is 18.4 Å². The molecule has 1 aliphatic heterocycles. The highest BCUT2D eigenvalue weighted by molar-refractivity contribution is 6.35. The average Bonchev–Trinajstić information content (AvgIpc) is 3.19. The number of hydrogen-bond acceptors (Lipinski definition) is 6. The van der Waals surface area contributed by atoms with Gasteiger partial charge in [0.2, 0.25) is 5.95 Å². The Balaban J connectivity index is 1.55. The van der Waals surface area contributed by atoms with Gasteiger partial charge >= 0.3 is 0 Å². The topological polar surface area (TPSA) is 81.9 Å². The van der Waals surface area contributed by atoms with E-state index in [9.17, 15) is 4.79 Å². The number of carbonyl (C=O) groups is 1. The van der Waals surface area contributed by atoms with Crippen LogP contribution in [0, 0.1) is 5.41 Å². The second kappa shape index (κ2) is 7.90. The zero-order valence-corrected chi connectivity index (χ0v) is 19.1. The third-order valence-corrected chi connectivity index (χ3v) is 6.39. The molecule has 5 rings (SSSR count). The zero-order chi connectivity index (χ0) is 22.5. The molecule has 1 aromatic heterocycles. The van der Waals surface area contributed by atoms with Gasteiger partial charge in [0, 0.05) is 38.9 Å². The molecule has 9 heteroatoms. The summed E-state index contributed by atoms with van der Waals surface area (Å²) >= 11 is 12.3. The molecule has 1 N–H and O–H groups in total. The molecule has 0 spiro atoms. The maximum absolute atomic E-state index is 13.3. The molecule has 2 aliphatic rings. The highest BCUT2D eigenvalue weighted by atomic mass is 35.5. The molecule has 0 amide bonds. The van der Waals surface area contributed by atoms with E-state index in [2.05, 4.69) is 34.7 Å². The molecule has 164 valence electrons. The Morgan fingerprint density at radius 1 is 1.19 bits per heavy atom. The lowest BCUT2D eigenvalue weighted by atomic mass is 9.73. The van der Waals surface area contributed by atoms with Gasteiger partial charge in [-0.3, -0.25) is 4.79 Å². The van der Waals surface area contributed by atoms with Gasteiger partial charge in [-0.05, 0) is 40.5 Å². The second-order valence-electron chi connectivity index (χ2n) is 8.87. The van der Waals surface area contributed by atoms with Crippen LogP contribution >= 0.6 is 23.2 Å². The molecule has 0 saturated carbocycles. The molecule has 0 radical (unpaired) electrons. The van der Waals surface area contributed by atoms with Crippen molar-refractivity contribution in [2.75, 3.05) is 5.32 Å². The maximum Gasteiger partial charge on any atom is 0.248 e. The second-order valence-corrected chi connectivity index (χ2v) is 9.71. The van der Waals surface area contributed by atoms with Crippen molar-refractivity contribution in [2.24, 2.45) is 5.41 Å². The van der Waals surface area contributed by atoms with E-state index in [4.69, 9.17) is 27.9 Å². The summed E-state index contributed by atoms with van der Waals surface area (Å²) in [6.45, 7) is 4.44. The van der Waals surface area contributed by atoms with Gasteiger partial charge in [0.15, 0.2) is 5.78 Å². The lowest BCUT2D eigenvalue weighted by Gasteiger charge is -2.38. The van der Waals surface area contributed by atoms with Crippen LogP contribution in [0.4, 0.5) is 5.95 Å². The highest BCUT2D eigenvalue weighted by Gasteiger charge is 2.42. The first kappa shape index (κ1) is 21.0. The summed E-state index contributed by atoms with van der Waals surface area (Å²) in [7, 11) is 0. The van der Waals surface area contributed by atoms with E-state index in [1.54, 1.807) is 16.8 Å². The molecule has 7 nitrogen and oxygen atoms in total. The number of nitrogens with zero attached hydrogens (tertiary/aromatic N) is 4. The maximum atomic E-state index is 13.3. The SMILES string of the molecule is CC1(C)CC(=O)C2=C(C1)Nc1nnnn1[C@H]2c1ccccc1OCc1ccc(Cl)cc1Cl. The number of carbonyl (C=O) groups excluding carboxylic acids is 1. The number of benzene rings is 2. The number of fused-ring (bicyclic) bond motifs is 1. The normalized spacial score (nSPS) is 19.2. The standard InChI is InChI=1S/C23H21Cl2N5O2/c1-23(2)10-17-20(18(31)11-23)21(30-22(26-17)27-28-29-30)15-5-3-4-6-19(15)32-12-13-7-8-14(24)9-16(13)25/h3-9,21H,10-12H2,1-2H3,(H,26,27,29)/t21-/m0/s1. The van der Waals surface area contributed by atoms with Crippen molar-refractivity contribution >= 4 is 34.9 Å². The van der Waals surface area contributed by atoms with E-state index >= 15 is 0 Å². The van der Waals surface area contributed by atoms with Crippen molar-refractivity contribution in [2.45, 2.75) is 39.3 Å². The summed E-state index contributed by atoms with van der Waals surface area (Å²) < 4.78 is 7.83. The van der Waals surface area contributed by atoms with E-state index in [1.807, 2.05) is 30.3 Å². The lowest BCUT2D eigenvalue weighted by molar-refractivity contribution is -0.118. The molecule has 2 aromatic carbocycles. The number of allylic oxidation sites excluding steroid dienone is 2. The molecule has 0 fully saturated rings. The van der Waals surface area contributed by atoms with Crippen LogP contribution in [0.2, 0.25) is 10.0 Å². The first-order valence-electron chi connectivity index (χ1n) is 10.3. The van der Waals surface area contributed by atoms with Crippen LogP contribution in [-0.4, -0.2) is 26.0 Å². The number of halogens is 2. The molecule has 3 aromatic rings. The number of hydrogen-bond donors (Lipinski definition) is 1. The fraction of sp³-hybridized carbons (Fsp3) is 0.304. The van der Waals surface area contributed by atoms with E-state index in [0.29, 0.717) is 33.7 Å². The van der Waals surface area contributed by atoms with Crippen LogP contribution in [0.15, 0.2) is 53.7 Å². The molecule has 32 heavy (non-hydrogen) atoms. The Morgan fingerprint density at radius 3 is 2.81 bits per heavy atom. The van der Waals surface area contributed by atoms with Crippen LogP contribution in [0.5, 0.6) is 5.75 Å². The van der Waals surface area contributed by atoms with Gasteiger partial charge in [-0.1, -0.05) is 66.4 Å². The molecular weight excluding hydrogens is 449 g/mol. The minimum absolute atomic E-state index is 0.0884. The van der Waals surface area contributed by atoms with Gasteiger partial charge in [-0.15, -0.1) is 0 Å². The van der Waals surface area contributed by atoms with Crippen molar-refractivity contribution in [1.29, 1.82) is 0 Å². The third kappa shape index (κ3) is 3.76. The number of tetrazole rings is 1. The number of Topliss-reactive ketones (excluding diaryl/α,β-unsaturated/α-hetero) is 1. The Bertz CT molecular complexity index is 1250. The number of nitrogens with one attached hydrogen (secondary N) is 1. The van der Waals surface area contributed by atoms with Crippen molar-refractivity contribution in [3.63, 3.8) is 0 Å². The first-order valence-corrected chi connectivity index (χ1v) is 11.0. The average molecular weight is 470 g/mol. The van der Waals surface area contributed by atoms with Gasteiger partial charge in [0.05, 0.1) is 0 Å². The smallest absolute Gasteiger partial charge is 0.248 e. The summed E-state index contributed by atoms with van der Waals surface area (Å²) in [5.74, 6) is 1.23. The monoisotopic (exact) mass is 469 g/mol. The van der Waals surface area contributed by atoms with Crippen LogP contribution in [0.25, 0.3) is 0 Å². The van der Waals surface area contributed by atoms with E-state index in [-0.39, 0.29) is 17.8 Å². The van der Waals surface area contributed by atoms with Crippen LogP contribution in [-0.2, 0) is 11.4 Å². The predicted molar refractivity (Wildman–Crippen MR) is 122 cm³/mol. The largest absolute Gasteiger partial charge is 0.488 e. The molecule has 0 saturated heterocycles. The Kier molecular flexibility index (Phi) is 5.18. The molecule has 0 unspecified atom stereocenters. The minimum atomic E-state index is -0.475. The summed E-state index contributed by atoms with van der Waals surface area (Å²) in [4.78, 5) is 13.3. The minimum Gasteiger partial charge on any atom is -0.488 e. The molecule has 1 atom stereocenters. The van der Waals surface area contributed by atoms with Crippen molar-refractivity contribution in [3.8, 4) is 5.75 Å². The van der Waals surface area contributed by atoms with Crippen molar-refractivity contribution in [1.82, 2.24) is 20.2 Å². The Labute approximate surface area is 195 Å². The van der Waals surface area contributed by atoms with Crippen LogP contribution < -0.4 is 10.1 Å². The number of ether oxygens (including phenoxy) is 1. The fourth-order valence-corrected chi connectivity index (χ4v) is 4.85. The Hall–Kier alpha value is -2.90. The molecule has 1 aliphatic carbocycles. The zero-order valence-electron chi connectivity index (χ0n) is 17.6. The quantitative estimate of drug-likeness (QED) is 0.563. The van der Waals surface area contributed by atoms with Gasteiger partial charge in [-0.25, -0.2) is 0 Å². The fourth-order valence-electron chi connectivity index (χ4n) is 4.39. The van der Waals surface area contributed by atoms with E-state index < -0.39 is 6.04 Å². The van der Waals surface area contributed by atoms with Crippen molar-refractivity contribution in [3.05, 3.63) is 74.9 Å². The summed E-state index contributed by atoms with van der Waals surface area (Å²) in [5.41, 5.74) is 3.05. The Morgan fingerprint density at radius 2 is 2.00 bits per heavy atom. The van der Waals surface area contributed by atoms with Gasteiger partial charge in [0.25, 0.3) is 0 Å². The number of aromatic nitrogens is 4. The predicted octanol–water partition coefficient (Wildman–Crippen LogP) is 5.22. The molecule has 0 bridgehead atoms. The van der Waals surface area contributed by atoms with Gasteiger partial charge in [-0.2, -0.15) is 4.68 Å². The number of ketones is 1. The number of rotatable bonds is 4. The number of anilines is 1. The molecular formula is C23H21Cl2N5O2. The molecule has 2 heterocycles. The summed E-state index contributed by atoms with van der Waals surface area (Å²) in [6.07, 6.45) is 1.20. The highest BCUT2D eigenvalue weighted by Crippen LogP contribution is 2.46. The summed E-state index contributed by atoms with van der Waals surface area (Å²) in [6, 6.07) is 12.5. The first-order chi connectivity index (χ1) is 15.3. The lowest BCUT2D eigenvalue weighted by Crippen LogP contribution is -2.36. The number of para-hydroxylation sites is 1.